The summed E-state index contributed by atoms with van der Waals surface area (Å²) in [5.74, 6) is -1.18. The number of benzene rings is 1. The minimum Gasteiger partial charge on any atom is -0.478 e. The first kappa shape index (κ1) is 14.8. The van der Waals surface area contributed by atoms with Gasteiger partial charge in [-0.15, -0.1) is 0 Å². The van der Waals surface area contributed by atoms with Gasteiger partial charge in [0.25, 0.3) is 0 Å². The molecule has 0 aromatic heterocycles. The van der Waals surface area contributed by atoms with E-state index in [0.717, 1.165) is 0 Å². The third-order valence-corrected chi connectivity index (χ3v) is 3.55. The smallest absolute Gasteiger partial charge is 0.336 e. The van der Waals surface area contributed by atoms with Gasteiger partial charge in [-0.05, 0) is 31.0 Å². The summed E-state index contributed by atoms with van der Waals surface area (Å²) in [6, 6.07) is 3.59. The number of hydrogen-bond acceptors (Lipinski definition) is 3. The first-order valence-corrected chi connectivity index (χ1v) is 6.55. The number of nitrogens with one attached hydrogen (secondary N) is 2. The molecule has 112 valence electrons. The summed E-state index contributed by atoms with van der Waals surface area (Å²) in [4.78, 5) is 36.2. The molecule has 1 aliphatic heterocycles. The molecule has 0 bridgehead atoms. The van der Waals surface area contributed by atoms with Crippen LogP contribution in [0.1, 0.15) is 22.3 Å². The summed E-state index contributed by atoms with van der Waals surface area (Å²) in [6.07, 6.45) is 0.566. The molecule has 3 N–H and O–H groups in total. The van der Waals surface area contributed by atoms with Gasteiger partial charge in [0, 0.05) is 19.3 Å². The van der Waals surface area contributed by atoms with Crippen LogP contribution in [0.3, 0.4) is 0 Å². The zero-order chi connectivity index (χ0) is 15.6. The van der Waals surface area contributed by atoms with Gasteiger partial charge in [-0.3, -0.25) is 4.79 Å². The van der Waals surface area contributed by atoms with Crippen LogP contribution in [0.25, 0.3) is 0 Å². The fraction of sp³-hybridized carbons (Fsp3) is 0.357. The van der Waals surface area contributed by atoms with Gasteiger partial charge in [-0.2, -0.15) is 0 Å². The molecule has 0 radical (unpaired) electrons. The Morgan fingerprint density at radius 1 is 1.38 bits per heavy atom. The third kappa shape index (κ3) is 3.13. The second kappa shape index (κ2) is 5.82. The van der Waals surface area contributed by atoms with E-state index in [2.05, 4.69) is 10.6 Å². The van der Waals surface area contributed by atoms with Crippen LogP contribution in [-0.4, -0.2) is 47.5 Å². The van der Waals surface area contributed by atoms with Gasteiger partial charge in [0.2, 0.25) is 5.91 Å². The molecule has 21 heavy (non-hydrogen) atoms. The lowest BCUT2D eigenvalue weighted by Gasteiger charge is -2.14. The maximum Gasteiger partial charge on any atom is 0.336 e. The minimum atomic E-state index is -1.05. The van der Waals surface area contributed by atoms with Crippen molar-refractivity contribution in [3.8, 4) is 0 Å². The predicted octanol–water partition coefficient (Wildman–Crippen LogP) is 1.05. The Hall–Kier alpha value is -2.57. The number of carboxylic acids is 1. The van der Waals surface area contributed by atoms with Crippen LogP contribution in [0.4, 0.5) is 10.5 Å². The Bertz CT molecular complexity index is 600. The van der Waals surface area contributed by atoms with Crippen molar-refractivity contribution in [3.05, 3.63) is 29.3 Å². The average molecular weight is 291 g/mol. The molecular formula is C14H17N3O4. The summed E-state index contributed by atoms with van der Waals surface area (Å²) in [5, 5.41) is 14.2. The molecule has 7 nitrogen and oxygen atoms in total. The van der Waals surface area contributed by atoms with Crippen LogP contribution in [0.2, 0.25) is 0 Å². The van der Waals surface area contributed by atoms with E-state index in [0.29, 0.717) is 24.2 Å². The van der Waals surface area contributed by atoms with Gasteiger partial charge < -0.3 is 20.6 Å². The number of rotatable bonds is 3. The molecule has 1 aromatic rings. The number of likely N-dealkylation sites (N-methyl/N-ethyl adjacent to an activating group) is 1. The maximum absolute atomic E-state index is 11.9. The first-order valence-electron chi connectivity index (χ1n) is 6.55. The zero-order valence-electron chi connectivity index (χ0n) is 11.8. The Balaban J connectivity index is 2.05. The number of carbonyl (C=O) groups excluding carboxylic acids is 2. The average Bonchev–Trinajstić information content (AvgIpc) is 2.73. The van der Waals surface area contributed by atoms with Crippen molar-refractivity contribution in [1.29, 1.82) is 0 Å². The summed E-state index contributed by atoms with van der Waals surface area (Å²) >= 11 is 0. The lowest BCUT2D eigenvalue weighted by atomic mass is 10.1. The van der Waals surface area contributed by atoms with Gasteiger partial charge >= 0.3 is 12.0 Å². The summed E-state index contributed by atoms with van der Waals surface area (Å²) in [7, 11) is 1.68. The molecule has 1 aromatic carbocycles. The number of likely N-dealkylation sites (tertiary alicyclic amines) is 1. The van der Waals surface area contributed by atoms with E-state index in [1.54, 1.807) is 31.0 Å². The molecule has 0 spiro atoms. The fourth-order valence-electron chi connectivity index (χ4n) is 2.28. The number of nitrogens with zero attached hydrogens (tertiary/aromatic N) is 1. The number of urea groups is 1. The van der Waals surface area contributed by atoms with E-state index in [9.17, 15) is 14.4 Å². The Kier molecular flexibility index (Phi) is 4.11. The van der Waals surface area contributed by atoms with E-state index in [1.807, 2.05) is 0 Å². The monoisotopic (exact) mass is 291 g/mol. The zero-order valence-corrected chi connectivity index (χ0v) is 11.8. The van der Waals surface area contributed by atoms with Gasteiger partial charge in [-0.1, -0.05) is 6.07 Å². The second-order valence-corrected chi connectivity index (χ2v) is 4.98. The molecule has 1 saturated heterocycles. The maximum atomic E-state index is 11.9. The van der Waals surface area contributed by atoms with Crippen LogP contribution in [0.15, 0.2) is 18.2 Å². The lowest BCUT2D eigenvalue weighted by Crippen LogP contribution is -2.42. The molecule has 0 saturated carbocycles. The fourth-order valence-corrected chi connectivity index (χ4v) is 2.28. The number of carbonyl (C=O) groups is 3. The van der Waals surface area contributed by atoms with E-state index in [4.69, 9.17) is 5.11 Å². The number of carboxylic acid groups (broad SMARTS) is 1. The highest BCUT2D eigenvalue weighted by Gasteiger charge is 2.30. The number of hydrogen-bond donors (Lipinski definition) is 3. The highest BCUT2D eigenvalue weighted by Crippen LogP contribution is 2.19. The number of amides is 3. The molecule has 1 fully saturated rings. The topological polar surface area (TPSA) is 98.7 Å². The van der Waals surface area contributed by atoms with Crippen molar-refractivity contribution >= 4 is 23.6 Å². The second-order valence-electron chi connectivity index (χ2n) is 4.98. The highest BCUT2D eigenvalue weighted by atomic mass is 16.4. The Morgan fingerprint density at radius 2 is 2.10 bits per heavy atom. The summed E-state index contributed by atoms with van der Waals surface area (Å²) in [5.41, 5.74) is 1.01. The first-order chi connectivity index (χ1) is 9.90. The number of aromatic carboxylic acids is 1. The van der Waals surface area contributed by atoms with Crippen LogP contribution >= 0.6 is 0 Å². The Morgan fingerprint density at radius 3 is 2.67 bits per heavy atom. The van der Waals surface area contributed by atoms with E-state index in [-0.39, 0.29) is 11.5 Å². The van der Waals surface area contributed by atoms with Crippen LogP contribution < -0.4 is 10.6 Å². The molecule has 0 aliphatic carbocycles. The van der Waals surface area contributed by atoms with Crippen molar-refractivity contribution in [2.24, 2.45) is 0 Å². The number of anilines is 1. The van der Waals surface area contributed by atoms with Gasteiger partial charge in [0.05, 0.1) is 5.56 Å². The molecule has 3 amide bonds. The van der Waals surface area contributed by atoms with Crippen molar-refractivity contribution in [1.82, 2.24) is 10.2 Å². The lowest BCUT2D eigenvalue weighted by molar-refractivity contribution is -0.128. The quantitative estimate of drug-likeness (QED) is 0.775. The summed E-state index contributed by atoms with van der Waals surface area (Å²) < 4.78 is 0. The summed E-state index contributed by atoms with van der Waals surface area (Å²) in [6.45, 7) is 2.23. The van der Waals surface area contributed by atoms with Gasteiger partial charge in [0.1, 0.15) is 6.04 Å². The van der Waals surface area contributed by atoms with Crippen molar-refractivity contribution in [2.75, 3.05) is 18.9 Å². The molecule has 2 rings (SSSR count). The largest absolute Gasteiger partial charge is 0.478 e. The standard InChI is InChI=1S/C14H17N3O4/c1-8-9(13(19)20)4-3-5-10(8)15-14(21)16-11-6-7-17(2)12(11)18/h3-5,11H,6-7H2,1-2H3,(H,19,20)(H2,15,16,21). The third-order valence-electron chi connectivity index (χ3n) is 3.55. The van der Waals surface area contributed by atoms with E-state index >= 15 is 0 Å². The molecule has 1 heterocycles. The van der Waals surface area contributed by atoms with Crippen LogP contribution in [0, 0.1) is 6.92 Å². The predicted molar refractivity (Wildman–Crippen MR) is 76.3 cm³/mol. The SMILES string of the molecule is Cc1c(NC(=O)NC2CCN(C)C2=O)cccc1C(=O)O. The Labute approximate surface area is 121 Å². The van der Waals surface area contributed by atoms with Crippen LogP contribution in [-0.2, 0) is 4.79 Å². The van der Waals surface area contributed by atoms with Crippen molar-refractivity contribution in [2.45, 2.75) is 19.4 Å². The van der Waals surface area contributed by atoms with Gasteiger partial charge in [-0.25, -0.2) is 9.59 Å². The van der Waals surface area contributed by atoms with Gasteiger partial charge in [0.15, 0.2) is 0 Å². The molecule has 1 atom stereocenters. The minimum absolute atomic E-state index is 0.124. The van der Waals surface area contributed by atoms with E-state index < -0.39 is 18.0 Å². The molecular weight excluding hydrogens is 274 g/mol. The molecule has 1 unspecified atom stereocenters. The van der Waals surface area contributed by atoms with Crippen LogP contribution in [0.5, 0.6) is 0 Å². The van der Waals surface area contributed by atoms with Crippen molar-refractivity contribution in [3.63, 3.8) is 0 Å². The normalized spacial score (nSPS) is 17.7. The molecule has 7 heteroatoms. The highest BCUT2D eigenvalue weighted by molar-refractivity contribution is 5.97. The van der Waals surface area contributed by atoms with E-state index in [1.165, 1.54) is 6.07 Å². The molecule has 1 aliphatic rings. The van der Waals surface area contributed by atoms with Crippen molar-refractivity contribution < 1.29 is 19.5 Å².